The van der Waals surface area contributed by atoms with Crippen molar-refractivity contribution in [2.24, 2.45) is 80.3 Å². The van der Waals surface area contributed by atoms with Crippen LogP contribution >= 0.6 is 0 Å². The molecule has 0 saturated heterocycles. The Kier molecular flexibility index (Phi) is 39.9. The smallest absolute Gasteiger partial charge is 0.308 e. The van der Waals surface area contributed by atoms with Crippen LogP contribution < -0.4 is 5.32 Å². The maximum Gasteiger partial charge on any atom is 0.308 e. The van der Waals surface area contributed by atoms with E-state index in [1.54, 1.807) is 7.11 Å². The largest absolute Gasteiger partial charge is 0.461 e. The van der Waals surface area contributed by atoms with Crippen molar-refractivity contribution in [3.8, 4) is 44.6 Å². The molecule has 0 aliphatic heterocycles. The lowest BCUT2D eigenvalue weighted by molar-refractivity contribution is -0.159. The molecule has 138 heavy (non-hydrogen) atoms. The zero-order chi connectivity index (χ0) is 102. The van der Waals surface area contributed by atoms with Crippen LogP contribution in [0.5, 0.6) is 0 Å². The van der Waals surface area contributed by atoms with Crippen LogP contribution in [0.3, 0.4) is 0 Å². The van der Waals surface area contributed by atoms with E-state index in [1.165, 1.54) is 95.4 Å². The van der Waals surface area contributed by atoms with Crippen molar-refractivity contribution in [2.45, 2.75) is 321 Å². The summed E-state index contributed by atoms with van der Waals surface area (Å²) < 4.78 is 63.3. The lowest BCUT2D eigenvalue weighted by atomic mass is 9.64. The number of carbonyl (C=O) groups excluding carboxylic acids is 3. The number of benzene rings is 6. The van der Waals surface area contributed by atoms with Gasteiger partial charge in [0.2, 0.25) is 0 Å². The highest BCUT2D eigenvalue weighted by Gasteiger charge is 2.44. The van der Waals surface area contributed by atoms with Crippen LogP contribution in [0.4, 0.5) is 18.9 Å². The average Bonchev–Trinajstić information content (AvgIpc) is 1.72. The first-order valence-electron chi connectivity index (χ1n) is 51.5. The van der Waals surface area contributed by atoms with Crippen LogP contribution in [0.25, 0.3) is 67.7 Å². The Morgan fingerprint density at radius 2 is 0.971 bits per heavy atom. The molecule has 13 heteroatoms. The molecule has 11 atom stereocenters. The SMILES string of the molecule is CC(C)c1c(C(=O)Nc2ccccc2)c(-c2ccccc2)c(-c2ccc(F)cc2)n1CCC(C)(C)C.CC(C)n1c(/C=C/C(C)(C)C)c(-c2ccc(F)cc2)c2ccccc21.CC[C@H](C)C(=O)O[C@H]1CCC=C2C=C[C@H](C)[C@H](CCC(C)(C)C)[C@H]21.CC[C@H](C)C(=O)O[C@H]1C[C@@H](C)C=C2C=C[C@H](C)[C@H](CCC(C)(C)C)[C@H]21.COCc1c(C(C)C)nc(C(C)C)c(/C=C/C(C)(C)C)c1-c1ccc(F)cc1. The van der Waals surface area contributed by atoms with Gasteiger partial charge in [0.15, 0.2) is 0 Å². The van der Waals surface area contributed by atoms with E-state index in [2.05, 4.69) is 293 Å². The number of anilines is 1. The normalized spacial score (nSPS) is 19.3. The number of nitrogens with zero attached hydrogens (tertiary/aromatic N) is 3. The second-order valence-electron chi connectivity index (χ2n) is 46.6. The number of nitrogens with one attached hydrogen (secondary N) is 1. The third-order valence-corrected chi connectivity index (χ3v) is 27.3. The van der Waals surface area contributed by atoms with E-state index in [4.69, 9.17) is 19.2 Å². The number of pyridine rings is 1. The van der Waals surface area contributed by atoms with Gasteiger partial charge in [-0.05, 0) is 264 Å². The van der Waals surface area contributed by atoms with Crippen molar-refractivity contribution in [1.29, 1.82) is 0 Å². The minimum Gasteiger partial charge on any atom is -0.461 e. The van der Waals surface area contributed by atoms with Crippen LogP contribution in [0.2, 0.25) is 0 Å². The summed E-state index contributed by atoms with van der Waals surface area (Å²) in [6, 6.07) is 48.6. The Morgan fingerprint density at radius 3 is 1.45 bits per heavy atom. The molecule has 0 unspecified atom stereocenters. The third-order valence-electron chi connectivity index (χ3n) is 27.3. The van der Waals surface area contributed by atoms with Gasteiger partial charge < -0.3 is 28.7 Å². The van der Waals surface area contributed by atoms with Gasteiger partial charge in [-0.1, -0.05) is 340 Å². The number of halogens is 3. The molecule has 4 aliphatic carbocycles. The summed E-state index contributed by atoms with van der Waals surface area (Å²) in [5, 5.41) is 4.33. The first-order chi connectivity index (χ1) is 64.8. The van der Waals surface area contributed by atoms with Gasteiger partial charge in [0, 0.05) is 87.5 Å². The van der Waals surface area contributed by atoms with Crippen LogP contribution in [-0.4, -0.2) is 51.3 Å². The Bertz CT molecular complexity index is 5640. The molecule has 6 aromatic carbocycles. The number of amides is 1. The topological polar surface area (TPSA) is 114 Å². The Morgan fingerprint density at radius 1 is 0.514 bits per heavy atom. The maximum atomic E-state index is 14.0. The van der Waals surface area contributed by atoms with Gasteiger partial charge in [-0.25, -0.2) is 13.2 Å². The van der Waals surface area contributed by atoms with Gasteiger partial charge in [-0.15, -0.1) is 0 Å². The standard InChI is InChI=1S/C32H35FN2O.C25H34FNO.C23H26FN.C23H38O2.C22H36O2/c1-22(2)29-28(31(36)34-26-14-10-7-11-15-26)27(23-12-8-6-9-13-23)30(24-16-18-25(33)19-17-24)35(29)21-20-32(3,4)5;1-16(2)23-20(13-14-25(5,6)7)22(18-9-11-19(26)12-10-18)21(15-28-8)24(27-23)17(3)4;1-16(2)25-20-9-7-6-8-19(20)22(17-10-12-18(24)13-11-17)21(25)14-15-23(3,4)5;1-8-16(3)22(24)25-20-14-15(2)13-18-10-9-17(4)19(21(18)20)11-12-23(5,6)7;1-7-15(2)21(23)24-19-10-8-9-17-12-11-16(3)18(20(17)19)13-14-22(4,5)6/h6-19,22H,20-21H2,1-5H3,(H,34,36);9-14,16-17H,15H2,1-8H3;6-16H,1-5H3;9-10,13,15-17,19-21H,8,11-12,14H2,1-7H3;9,11-12,15-16,18-20H,7-8,10,13-14H2,1-6H3/b;14-13+;15-14+;;/t;;;15-,16-,17-,19-,20-,21-;15-,16-,18-,19-,20-/m...00/s1. The Balaban J connectivity index is 0.000000195. The van der Waals surface area contributed by atoms with Crippen molar-refractivity contribution in [3.05, 3.63) is 274 Å². The molecule has 1 amide bonds. The average molecular weight is 1880 g/mol. The lowest BCUT2D eigenvalue weighted by Gasteiger charge is -2.43. The van der Waals surface area contributed by atoms with Gasteiger partial charge in [-0.2, -0.15) is 0 Å². The van der Waals surface area contributed by atoms with Crippen molar-refractivity contribution in [2.75, 3.05) is 12.4 Å². The molecule has 0 fully saturated rings. The monoisotopic (exact) mass is 1880 g/mol. The minimum absolute atomic E-state index is 0.00365. The van der Waals surface area contributed by atoms with Gasteiger partial charge in [0.1, 0.15) is 29.7 Å². The molecule has 0 saturated carbocycles. The molecule has 0 spiro atoms. The molecule has 746 valence electrons. The van der Waals surface area contributed by atoms with Crippen LogP contribution in [-0.2, 0) is 37.0 Å². The summed E-state index contributed by atoms with van der Waals surface area (Å²) in [5.41, 5.74) is 20.9. The van der Waals surface area contributed by atoms with Crippen LogP contribution in [0.15, 0.2) is 217 Å². The van der Waals surface area contributed by atoms with Gasteiger partial charge in [-0.3, -0.25) is 19.4 Å². The summed E-state index contributed by atoms with van der Waals surface area (Å²) >= 11 is 0. The molecule has 1 N–H and O–H groups in total. The van der Waals surface area contributed by atoms with E-state index >= 15 is 0 Å². The number of hydrogen-bond acceptors (Lipinski definition) is 7. The van der Waals surface area contributed by atoms with Gasteiger partial charge in [0.25, 0.3) is 5.91 Å². The Labute approximate surface area is 830 Å². The number of carbonyl (C=O) groups is 3. The van der Waals surface area contributed by atoms with Crippen molar-refractivity contribution >= 4 is 46.6 Å². The molecule has 9 aromatic rings. The first-order valence-corrected chi connectivity index (χ1v) is 51.5. The van der Waals surface area contributed by atoms with E-state index in [0.29, 0.717) is 70.5 Å². The highest BCUT2D eigenvalue weighted by Crippen LogP contribution is 2.50. The summed E-state index contributed by atoms with van der Waals surface area (Å²) in [6.45, 7) is 67.2. The van der Waals surface area contributed by atoms with E-state index in [1.807, 2.05) is 111 Å². The molecule has 0 radical (unpaired) electrons. The van der Waals surface area contributed by atoms with Crippen LogP contribution in [0, 0.1) is 97.8 Å². The fourth-order valence-corrected chi connectivity index (χ4v) is 19.5. The zero-order valence-corrected chi connectivity index (χ0v) is 89.9. The number of allylic oxidation sites excluding steroid dienone is 8. The zero-order valence-electron chi connectivity index (χ0n) is 89.9. The lowest BCUT2D eigenvalue weighted by Crippen LogP contribution is -2.41. The molecule has 13 rings (SSSR count). The fourth-order valence-electron chi connectivity index (χ4n) is 19.5. The third kappa shape index (κ3) is 30.9. The maximum absolute atomic E-state index is 14.0. The summed E-state index contributed by atoms with van der Waals surface area (Å²) in [5.74, 6) is 3.22. The van der Waals surface area contributed by atoms with Gasteiger partial charge in [0.05, 0.1) is 35.4 Å². The van der Waals surface area contributed by atoms with Crippen molar-refractivity contribution in [1.82, 2.24) is 14.1 Å². The second kappa shape index (κ2) is 49.3. The molecule has 3 aromatic heterocycles. The number of hydrogen-bond donors (Lipinski definition) is 1. The van der Waals surface area contributed by atoms with E-state index in [0.717, 1.165) is 118 Å². The summed E-state index contributed by atoms with van der Waals surface area (Å²) in [4.78, 5) is 43.9. The summed E-state index contributed by atoms with van der Waals surface area (Å²) in [7, 11) is 1.71. The van der Waals surface area contributed by atoms with E-state index < -0.39 is 0 Å². The number of rotatable bonds is 26. The quantitative estimate of drug-likeness (QED) is 0.0537. The molecular formula is C125H169F3N4O6. The molecule has 10 nitrogen and oxygen atoms in total. The molecule has 4 aliphatic rings. The van der Waals surface area contributed by atoms with Crippen molar-refractivity contribution in [3.63, 3.8) is 0 Å². The predicted molar refractivity (Wildman–Crippen MR) is 577 cm³/mol. The number of methoxy groups -OCH3 is 1. The molecule has 0 bridgehead atoms. The number of aromatic nitrogens is 3. The number of para-hydroxylation sites is 2. The highest BCUT2D eigenvalue weighted by atomic mass is 19.1. The van der Waals surface area contributed by atoms with Crippen LogP contribution in [0.1, 0.15) is 340 Å². The van der Waals surface area contributed by atoms with E-state index in [9.17, 15) is 27.6 Å². The molecular weight excluding hydrogens is 1710 g/mol. The predicted octanol–water partition coefficient (Wildman–Crippen LogP) is 35.3. The fraction of sp³-hybridized carbons (Fsp3) is 0.504. The Hall–Kier alpha value is -10.1. The second-order valence-corrected chi connectivity index (χ2v) is 46.6. The number of esters is 2. The van der Waals surface area contributed by atoms with Crippen molar-refractivity contribution < 1.29 is 41.8 Å². The number of fused-ring (bicyclic) bond motifs is 3. The highest BCUT2D eigenvalue weighted by molar-refractivity contribution is 6.12. The number of ether oxygens (including phenoxy) is 3. The molecule has 3 heterocycles. The van der Waals surface area contributed by atoms with Gasteiger partial charge >= 0.3 is 11.9 Å². The first kappa shape index (κ1) is 112. The minimum atomic E-state index is -0.279. The summed E-state index contributed by atoms with van der Waals surface area (Å²) in [6.07, 6.45) is 33.4. The van der Waals surface area contributed by atoms with E-state index in [-0.39, 0.29) is 93.3 Å².